The van der Waals surface area contributed by atoms with Crippen molar-refractivity contribution in [3.63, 3.8) is 0 Å². The molecule has 178 valence electrons. The van der Waals surface area contributed by atoms with Gasteiger partial charge in [-0.05, 0) is 52.0 Å². The zero-order valence-corrected chi connectivity index (χ0v) is 20.4. The largest absolute Gasteiger partial charge is 0.492 e. The Kier molecular flexibility index (Phi) is 5.47. The molecule has 4 heterocycles. The number of aromatic nitrogens is 6. The van der Waals surface area contributed by atoms with Gasteiger partial charge in [-0.25, -0.2) is 15.0 Å². The van der Waals surface area contributed by atoms with Crippen LogP contribution in [0.5, 0.6) is 5.75 Å². The molecule has 1 N–H and O–H groups in total. The first-order valence-corrected chi connectivity index (χ1v) is 11.5. The van der Waals surface area contributed by atoms with Crippen LogP contribution >= 0.6 is 0 Å². The second kappa shape index (κ2) is 8.51. The summed E-state index contributed by atoms with van der Waals surface area (Å²) in [6.45, 7) is 9.15. The second-order valence-electron chi connectivity index (χ2n) is 9.20. The molecule has 1 aliphatic heterocycles. The maximum absolute atomic E-state index is 9.47. The molecule has 0 saturated carbocycles. The van der Waals surface area contributed by atoms with Crippen molar-refractivity contribution in [2.45, 2.75) is 33.2 Å². The van der Waals surface area contributed by atoms with Crippen LogP contribution in [0.25, 0.3) is 22.3 Å². The van der Waals surface area contributed by atoms with Crippen molar-refractivity contribution >= 4 is 28.4 Å². The minimum atomic E-state index is -0.321. The van der Waals surface area contributed by atoms with Gasteiger partial charge in [0.2, 0.25) is 5.95 Å². The number of ether oxygens (including phenoxy) is 1. The number of rotatable bonds is 6. The maximum Gasteiger partial charge on any atom is 0.227 e. The SMILES string of the molecule is CCOc1cc(-c2nncn2C)ccc1Nc1ncc2cc(C)nc(N3CC(C#N)C3(C)C)c2n1. The molecule has 4 aromatic rings. The Morgan fingerprint density at radius 2 is 2.09 bits per heavy atom. The van der Waals surface area contributed by atoms with Gasteiger partial charge < -0.3 is 19.5 Å². The lowest BCUT2D eigenvalue weighted by molar-refractivity contribution is 0.253. The molecular weight excluding hydrogens is 442 g/mol. The Labute approximate surface area is 203 Å². The molecule has 1 atom stereocenters. The standard InChI is InChI=1S/C25H27N9O/c1-6-35-20-10-16(22-32-28-14-33(22)5)7-8-19(20)30-24-27-12-17-9-15(2)29-23(21(17)31-24)34-13-18(11-26)25(34,3)4/h7-10,12,14,18H,6,13H2,1-5H3,(H,27,30,31). The average Bonchev–Trinajstić information content (AvgIpc) is 3.26. The van der Waals surface area contributed by atoms with Gasteiger partial charge in [0.05, 0.1) is 29.8 Å². The number of benzene rings is 1. The van der Waals surface area contributed by atoms with E-state index >= 15 is 0 Å². The number of nitrogens with one attached hydrogen (secondary N) is 1. The molecule has 5 rings (SSSR count). The second-order valence-corrected chi connectivity index (χ2v) is 9.20. The van der Waals surface area contributed by atoms with E-state index in [1.807, 2.05) is 49.7 Å². The lowest BCUT2D eigenvalue weighted by atomic mass is 9.77. The summed E-state index contributed by atoms with van der Waals surface area (Å²) >= 11 is 0. The normalized spacial score (nSPS) is 16.6. The molecule has 1 unspecified atom stereocenters. The third-order valence-electron chi connectivity index (χ3n) is 6.50. The number of nitriles is 1. The highest BCUT2D eigenvalue weighted by atomic mass is 16.5. The van der Waals surface area contributed by atoms with Gasteiger partial charge in [0.1, 0.15) is 17.6 Å². The van der Waals surface area contributed by atoms with Crippen molar-refractivity contribution in [3.05, 3.63) is 42.5 Å². The monoisotopic (exact) mass is 469 g/mol. The van der Waals surface area contributed by atoms with Crippen LogP contribution in [0.2, 0.25) is 0 Å². The number of anilines is 3. The van der Waals surface area contributed by atoms with Gasteiger partial charge in [-0.3, -0.25) is 0 Å². The molecule has 3 aromatic heterocycles. The topological polar surface area (TPSA) is 118 Å². The number of fused-ring (bicyclic) bond motifs is 1. The van der Waals surface area contributed by atoms with Crippen molar-refractivity contribution in [2.75, 3.05) is 23.4 Å². The van der Waals surface area contributed by atoms with Crippen LogP contribution in [0.1, 0.15) is 26.5 Å². The van der Waals surface area contributed by atoms with Crippen molar-refractivity contribution in [3.8, 4) is 23.2 Å². The Bertz CT molecular complexity index is 1450. The third-order valence-corrected chi connectivity index (χ3v) is 6.50. The maximum atomic E-state index is 9.47. The lowest BCUT2D eigenvalue weighted by Crippen LogP contribution is -2.64. The van der Waals surface area contributed by atoms with Crippen molar-refractivity contribution in [1.29, 1.82) is 5.26 Å². The Hall–Kier alpha value is -4.26. The molecule has 1 fully saturated rings. The van der Waals surface area contributed by atoms with E-state index in [-0.39, 0.29) is 11.5 Å². The molecule has 0 aliphatic carbocycles. The molecule has 1 aliphatic rings. The quantitative estimate of drug-likeness (QED) is 0.447. The first-order valence-electron chi connectivity index (χ1n) is 11.5. The third kappa shape index (κ3) is 3.89. The summed E-state index contributed by atoms with van der Waals surface area (Å²) in [4.78, 5) is 16.3. The minimum absolute atomic E-state index is 0.0551. The predicted octanol–water partition coefficient (Wildman–Crippen LogP) is 4.01. The van der Waals surface area contributed by atoms with E-state index in [0.717, 1.165) is 39.5 Å². The number of nitrogens with zero attached hydrogens (tertiary/aromatic N) is 8. The highest BCUT2D eigenvalue weighted by molar-refractivity contribution is 5.90. The van der Waals surface area contributed by atoms with Gasteiger partial charge in [-0.1, -0.05) is 0 Å². The highest BCUT2D eigenvalue weighted by Gasteiger charge is 2.48. The van der Waals surface area contributed by atoms with E-state index in [9.17, 15) is 5.26 Å². The molecule has 0 spiro atoms. The number of hydrogen-bond donors (Lipinski definition) is 1. The predicted molar refractivity (Wildman–Crippen MR) is 133 cm³/mol. The molecule has 0 amide bonds. The van der Waals surface area contributed by atoms with Crippen molar-refractivity contribution < 1.29 is 4.74 Å². The fourth-order valence-corrected chi connectivity index (χ4v) is 4.38. The van der Waals surface area contributed by atoms with Crippen LogP contribution in [0.3, 0.4) is 0 Å². The van der Waals surface area contributed by atoms with E-state index in [0.29, 0.717) is 24.8 Å². The van der Waals surface area contributed by atoms with Gasteiger partial charge in [-0.2, -0.15) is 5.26 Å². The fourth-order valence-electron chi connectivity index (χ4n) is 4.38. The Morgan fingerprint density at radius 1 is 1.26 bits per heavy atom. The van der Waals surface area contributed by atoms with Gasteiger partial charge >= 0.3 is 0 Å². The summed E-state index contributed by atoms with van der Waals surface area (Å²) in [6.07, 6.45) is 3.46. The van der Waals surface area contributed by atoms with Crippen molar-refractivity contribution in [2.24, 2.45) is 13.0 Å². The van der Waals surface area contributed by atoms with E-state index < -0.39 is 0 Å². The average molecular weight is 470 g/mol. The molecule has 35 heavy (non-hydrogen) atoms. The van der Waals surface area contributed by atoms with Gasteiger partial charge in [0.15, 0.2) is 11.6 Å². The summed E-state index contributed by atoms with van der Waals surface area (Å²) in [5.74, 6) is 2.56. The first-order chi connectivity index (χ1) is 16.8. The van der Waals surface area contributed by atoms with Crippen molar-refractivity contribution in [1.82, 2.24) is 29.7 Å². The van der Waals surface area contributed by atoms with Crippen LogP contribution in [0.4, 0.5) is 17.5 Å². The summed E-state index contributed by atoms with van der Waals surface area (Å²) in [5, 5.41) is 21.8. The molecule has 10 heteroatoms. The number of aryl methyl sites for hydroxylation is 2. The smallest absolute Gasteiger partial charge is 0.227 e. The highest BCUT2D eigenvalue weighted by Crippen LogP contribution is 2.41. The van der Waals surface area contributed by atoms with Gasteiger partial charge in [-0.15, -0.1) is 10.2 Å². The molecule has 1 saturated heterocycles. The number of hydrogen-bond acceptors (Lipinski definition) is 9. The van der Waals surface area contributed by atoms with E-state index in [4.69, 9.17) is 14.7 Å². The van der Waals surface area contributed by atoms with Crippen LogP contribution in [-0.2, 0) is 7.05 Å². The lowest BCUT2D eigenvalue weighted by Gasteiger charge is -2.53. The van der Waals surface area contributed by atoms with Crippen LogP contribution in [0.15, 0.2) is 36.8 Å². The number of pyridine rings is 1. The van der Waals surface area contributed by atoms with Crippen LogP contribution < -0.4 is 15.0 Å². The molecule has 10 nitrogen and oxygen atoms in total. The van der Waals surface area contributed by atoms with E-state index in [1.165, 1.54) is 0 Å². The summed E-state index contributed by atoms with van der Waals surface area (Å²) in [7, 11) is 1.90. The zero-order chi connectivity index (χ0) is 24.7. The zero-order valence-electron chi connectivity index (χ0n) is 20.4. The van der Waals surface area contributed by atoms with E-state index in [2.05, 4.69) is 45.3 Å². The van der Waals surface area contributed by atoms with Gasteiger partial charge in [0, 0.05) is 36.4 Å². The summed E-state index contributed by atoms with van der Waals surface area (Å²) < 4.78 is 7.76. The Balaban J connectivity index is 1.52. The molecule has 0 bridgehead atoms. The summed E-state index contributed by atoms with van der Waals surface area (Å²) in [5.41, 5.74) is 2.94. The summed E-state index contributed by atoms with van der Waals surface area (Å²) in [6, 6.07) is 10.2. The first kappa shape index (κ1) is 22.5. The molecule has 0 radical (unpaired) electrons. The molecule has 1 aromatic carbocycles. The van der Waals surface area contributed by atoms with Crippen LogP contribution in [-0.4, -0.2) is 48.4 Å². The van der Waals surface area contributed by atoms with E-state index in [1.54, 1.807) is 12.5 Å². The Morgan fingerprint density at radius 3 is 2.77 bits per heavy atom. The fraction of sp³-hybridized carbons (Fsp3) is 0.360. The molecular formula is C25H27N9O. The van der Waals surface area contributed by atoms with Gasteiger partial charge in [0.25, 0.3) is 0 Å². The minimum Gasteiger partial charge on any atom is -0.492 e. The van der Waals surface area contributed by atoms with Crippen LogP contribution in [0, 0.1) is 24.2 Å².